The van der Waals surface area contributed by atoms with E-state index in [1.807, 2.05) is 0 Å². The Kier molecular flexibility index (Phi) is 54.7. The van der Waals surface area contributed by atoms with Gasteiger partial charge in [0.05, 0.1) is 6.10 Å². The maximum Gasteiger partial charge on any atom is 2.00 e. The van der Waals surface area contributed by atoms with E-state index in [2.05, 4.69) is 26.9 Å². The van der Waals surface area contributed by atoms with Crippen LogP contribution in [-0.2, 0) is 45.4 Å². The van der Waals surface area contributed by atoms with E-state index < -0.39 is 0 Å². The van der Waals surface area contributed by atoms with E-state index in [0.29, 0.717) is 0 Å². The van der Waals surface area contributed by atoms with E-state index in [9.17, 15) is 9.59 Å². The van der Waals surface area contributed by atoms with E-state index in [1.54, 1.807) is 12.8 Å². The molecule has 7 heteroatoms. The molecule has 0 saturated heterocycles. The number of Topliss-reactive ketones (excluding diaryl/α,β-unsaturated/α-hetero) is 1. The minimum atomic E-state index is -0.260. The Labute approximate surface area is 143 Å². The molecule has 22 heavy (non-hydrogen) atoms. The maximum atomic E-state index is 10.6. The van der Waals surface area contributed by atoms with E-state index in [4.69, 9.17) is 18.7 Å². The fourth-order valence-corrected chi connectivity index (χ4v) is 1.17. The first-order chi connectivity index (χ1) is 10.2. The number of ketones is 1. The topological polar surface area (TPSA) is 103 Å². The van der Waals surface area contributed by atoms with Gasteiger partial charge in [-0.1, -0.05) is 26.2 Å². The van der Waals surface area contributed by atoms with Crippen molar-refractivity contribution in [1.29, 1.82) is 0 Å². The summed E-state index contributed by atoms with van der Waals surface area (Å²) in [7, 11) is 0. The van der Waals surface area contributed by atoms with Crippen molar-refractivity contribution < 1.29 is 45.4 Å². The second kappa shape index (κ2) is 36.8. The summed E-state index contributed by atoms with van der Waals surface area (Å²) < 4.78 is 27.2. The minimum absolute atomic E-state index is 0. The van der Waals surface area contributed by atoms with Crippen LogP contribution in [0, 0.1) is 39.2 Å². The predicted molar refractivity (Wildman–Crippen MR) is 70.1 cm³/mol. The van der Waals surface area contributed by atoms with Crippen LogP contribution >= 0.6 is 0 Å². The predicted octanol–water partition coefficient (Wildman–Crippen LogP) is 2.11. The summed E-state index contributed by atoms with van der Waals surface area (Å²) in [6.07, 6.45) is 8.55. The van der Waals surface area contributed by atoms with Crippen LogP contribution in [-0.4, -0.2) is 18.4 Å². The standard InChI is InChI=1S/C12H18O3.3CO.Fe/c1-3-4-5-8-12(15-10-13)9-6-7-11(2)14;3*1-2;/h6-7,9,12H,3-5,8H2,1-2H3;;;;/q-1;;;;+2. The molecule has 6 nitrogen and oxygen atoms in total. The normalized spacial score (nSPS) is 8.55. The summed E-state index contributed by atoms with van der Waals surface area (Å²) in [5, 5.41) is 0. The molecule has 0 heterocycles. The molecule has 0 saturated carbocycles. The maximum absolute atomic E-state index is 10.6. The molecule has 1 unspecified atom stereocenters. The van der Waals surface area contributed by atoms with Gasteiger partial charge in [-0.15, -0.1) is 0 Å². The number of rotatable bonds is 10. The molecule has 0 N–H and O–H groups in total. The van der Waals surface area contributed by atoms with E-state index in [1.165, 1.54) is 19.8 Å². The number of hydrogen-bond donors (Lipinski definition) is 0. The van der Waals surface area contributed by atoms with Gasteiger partial charge in [0.15, 0.2) is 0 Å². The van der Waals surface area contributed by atoms with Crippen molar-refractivity contribution in [3.63, 3.8) is 0 Å². The molecule has 1 atom stereocenters. The third-order valence-electron chi connectivity index (χ3n) is 1.95. The van der Waals surface area contributed by atoms with Gasteiger partial charge in [-0.2, -0.15) is 0 Å². The van der Waals surface area contributed by atoms with Gasteiger partial charge in [-0.3, -0.25) is 4.79 Å². The van der Waals surface area contributed by atoms with Gasteiger partial charge in [-0.05, 0) is 26.2 Å². The number of unbranched alkanes of at least 4 members (excludes halogenated alkanes) is 2. The number of ether oxygens (including phenoxy) is 1. The summed E-state index contributed by atoms with van der Waals surface area (Å²) in [6, 6.07) is 0. The van der Waals surface area contributed by atoms with Crippen molar-refractivity contribution in [2.75, 3.05) is 0 Å². The van der Waals surface area contributed by atoms with Crippen LogP contribution in [0.1, 0.15) is 39.5 Å². The summed E-state index contributed by atoms with van der Waals surface area (Å²) in [5.41, 5.74) is 0. The van der Waals surface area contributed by atoms with Crippen molar-refractivity contribution >= 4 is 12.3 Å². The molecule has 0 bridgehead atoms. The monoisotopic (exact) mass is 350 g/mol. The Hall–Kier alpha value is -1.12. The molecular formula is C15H18FeO6+. The van der Waals surface area contributed by atoms with Crippen molar-refractivity contribution in [3.8, 4) is 0 Å². The van der Waals surface area contributed by atoms with E-state index >= 15 is 0 Å². The third-order valence-corrected chi connectivity index (χ3v) is 1.95. The minimum Gasteiger partial charge on any atom is 2.00 e. The zero-order chi connectivity index (χ0) is 17.5. The quantitative estimate of drug-likeness (QED) is 0.261. The number of carbonyl (C=O) groups is 1. The van der Waals surface area contributed by atoms with E-state index in [0.717, 1.165) is 25.7 Å². The van der Waals surface area contributed by atoms with Crippen molar-refractivity contribution in [2.45, 2.75) is 45.6 Å². The Morgan fingerprint density at radius 1 is 1.18 bits per heavy atom. The molecule has 0 fully saturated rings. The first-order valence-electron chi connectivity index (χ1n) is 5.86. The molecule has 0 amide bonds. The van der Waals surface area contributed by atoms with Gasteiger partial charge in [0.2, 0.25) is 0 Å². The fraction of sp³-hybridized carbons (Fsp3) is 0.467. The van der Waals surface area contributed by atoms with Gasteiger partial charge < -0.3 is 9.53 Å². The van der Waals surface area contributed by atoms with Crippen molar-refractivity contribution in [1.82, 2.24) is 0 Å². The van der Waals surface area contributed by atoms with Crippen LogP contribution in [0.2, 0.25) is 0 Å². The molecule has 0 aromatic rings. The first kappa shape index (κ1) is 32.7. The van der Waals surface area contributed by atoms with Crippen LogP contribution in [0.4, 0.5) is 0 Å². The van der Waals surface area contributed by atoms with Gasteiger partial charge in [-0.25, -0.2) is 0 Å². The summed E-state index contributed by atoms with van der Waals surface area (Å²) >= 11 is 0. The zero-order valence-corrected chi connectivity index (χ0v) is 13.5. The van der Waals surface area contributed by atoms with Crippen LogP contribution in [0.15, 0.2) is 0 Å². The van der Waals surface area contributed by atoms with Crippen molar-refractivity contribution in [2.24, 2.45) is 0 Å². The van der Waals surface area contributed by atoms with Gasteiger partial charge >= 0.3 is 51.0 Å². The molecular weight excluding hydrogens is 332 g/mol. The van der Waals surface area contributed by atoms with Crippen LogP contribution < -0.4 is 0 Å². The second-order valence-electron chi connectivity index (χ2n) is 3.40. The smallest absolute Gasteiger partial charge is 2.00 e. The molecule has 121 valence electrons. The largest absolute Gasteiger partial charge is 2.00 e. The Balaban J connectivity index is -0.000000122. The number of carbonyl (C=O) groups excluding carboxylic acids is 2. The van der Waals surface area contributed by atoms with Gasteiger partial charge in [0.1, 0.15) is 5.78 Å². The van der Waals surface area contributed by atoms with Crippen LogP contribution in [0.3, 0.4) is 0 Å². The Morgan fingerprint density at radius 3 is 2.05 bits per heavy atom. The average molecular weight is 350 g/mol. The van der Waals surface area contributed by atoms with Crippen LogP contribution in [0.5, 0.6) is 0 Å². The van der Waals surface area contributed by atoms with Crippen molar-refractivity contribution in [3.05, 3.63) is 39.2 Å². The molecule has 3 radical (unpaired) electrons. The first-order valence-corrected chi connectivity index (χ1v) is 5.86. The molecule has 0 rings (SSSR count). The van der Waals surface area contributed by atoms with Gasteiger partial charge in [0.25, 0.3) is 0 Å². The second-order valence-corrected chi connectivity index (χ2v) is 3.40. The zero-order valence-electron chi connectivity index (χ0n) is 12.4. The molecule has 0 aromatic heterocycles. The Morgan fingerprint density at radius 2 is 1.68 bits per heavy atom. The Bertz CT molecular complexity index is 271. The number of hydrogen-bond acceptors (Lipinski definition) is 3. The summed E-state index contributed by atoms with van der Waals surface area (Å²) in [6.45, 7) is 18.5. The third kappa shape index (κ3) is 36.4. The molecule has 0 aliphatic carbocycles. The fourth-order valence-electron chi connectivity index (χ4n) is 1.17. The average Bonchev–Trinajstić information content (AvgIpc) is 2.53. The molecule has 0 aliphatic heterocycles. The molecule has 0 spiro atoms. The van der Waals surface area contributed by atoms with E-state index in [-0.39, 0.29) is 29.0 Å². The van der Waals surface area contributed by atoms with Crippen LogP contribution in [0.25, 0.3) is 0 Å². The van der Waals surface area contributed by atoms with Gasteiger partial charge in [0, 0.05) is 12.8 Å². The molecule has 0 aromatic carbocycles. The summed E-state index contributed by atoms with van der Waals surface area (Å²) in [5.74, 6) is -0.0198. The molecule has 0 aliphatic rings. The SMILES string of the molecule is CCCCCC([CH][CH][CH]C(C)=O)O[C-]=O.[C-]#[O+].[C-]#[O+].[C-]#[O+].[Fe+2]. The summed E-state index contributed by atoms with van der Waals surface area (Å²) in [4.78, 5) is 20.7.